The number of anilines is 1. The Kier molecular flexibility index (Phi) is 6.04. The van der Waals surface area contributed by atoms with Gasteiger partial charge in [-0.15, -0.1) is 0 Å². The van der Waals surface area contributed by atoms with E-state index in [2.05, 4.69) is 5.43 Å². The van der Waals surface area contributed by atoms with Crippen LogP contribution in [-0.2, 0) is 10.0 Å². The summed E-state index contributed by atoms with van der Waals surface area (Å²) in [5, 5.41) is 6.98. The summed E-state index contributed by atoms with van der Waals surface area (Å²) < 4.78 is 23.3. The predicted octanol–water partition coefficient (Wildman–Crippen LogP) is 3.33. The molecule has 0 bridgehead atoms. The fourth-order valence-electron chi connectivity index (χ4n) is 3.32. The number of primary sulfonamides is 1. The molecule has 0 atom stereocenters. The van der Waals surface area contributed by atoms with Crippen LogP contribution in [0.5, 0.6) is 0 Å². The zero-order valence-corrected chi connectivity index (χ0v) is 16.3. The molecule has 1 saturated carbocycles. The highest BCUT2D eigenvalue weighted by molar-refractivity contribution is 7.89. The number of carbonyl (C=O) groups excluding carboxylic acids is 1. The van der Waals surface area contributed by atoms with E-state index in [1.807, 2.05) is 35.3 Å². The number of benzene rings is 2. The average Bonchev–Trinajstić information content (AvgIpc) is 3.14. The zero-order chi connectivity index (χ0) is 19.4. The van der Waals surface area contributed by atoms with Crippen molar-refractivity contribution >= 4 is 33.2 Å². The Morgan fingerprint density at radius 2 is 1.81 bits per heavy atom. The van der Waals surface area contributed by atoms with Crippen molar-refractivity contribution in [3.8, 4) is 0 Å². The van der Waals surface area contributed by atoms with Gasteiger partial charge in [0.05, 0.1) is 10.7 Å². The molecule has 0 spiro atoms. The van der Waals surface area contributed by atoms with Crippen LogP contribution < -0.4 is 15.6 Å². The third kappa shape index (κ3) is 5.00. The average molecular weight is 408 g/mol. The van der Waals surface area contributed by atoms with Crippen molar-refractivity contribution in [2.45, 2.75) is 30.6 Å². The summed E-state index contributed by atoms with van der Waals surface area (Å²) in [6.07, 6.45) is 4.68. The third-order valence-electron chi connectivity index (χ3n) is 4.72. The number of halogens is 1. The van der Waals surface area contributed by atoms with E-state index >= 15 is 0 Å². The second-order valence-electron chi connectivity index (χ2n) is 6.73. The van der Waals surface area contributed by atoms with Crippen LogP contribution >= 0.6 is 11.6 Å². The molecule has 1 fully saturated rings. The number of carbonyl (C=O) groups is 1. The maximum Gasteiger partial charge on any atom is 0.269 e. The number of hydrogen-bond donors (Lipinski definition) is 2. The lowest BCUT2D eigenvalue weighted by Gasteiger charge is -2.28. The van der Waals surface area contributed by atoms with Gasteiger partial charge >= 0.3 is 0 Å². The zero-order valence-electron chi connectivity index (χ0n) is 14.8. The van der Waals surface area contributed by atoms with E-state index in [1.165, 1.54) is 31.0 Å². The van der Waals surface area contributed by atoms with E-state index in [0.29, 0.717) is 12.5 Å². The van der Waals surface area contributed by atoms with Crippen molar-refractivity contribution in [2.75, 3.05) is 11.6 Å². The van der Waals surface area contributed by atoms with Crippen molar-refractivity contribution in [3.63, 3.8) is 0 Å². The topological polar surface area (TPSA) is 92.5 Å². The molecule has 1 amide bonds. The van der Waals surface area contributed by atoms with E-state index in [-0.39, 0.29) is 15.5 Å². The first-order chi connectivity index (χ1) is 12.8. The lowest BCUT2D eigenvalue weighted by Crippen LogP contribution is -2.44. The normalized spacial score (nSPS) is 14.9. The molecule has 0 heterocycles. The first-order valence-corrected chi connectivity index (χ1v) is 10.7. The van der Waals surface area contributed by atoms with Gasteiger partial charge in [0.2, 0.25) is 10.0 Å². The summed E-state index contributed by atoms with van der Waals surface area (Å²) >= 11 is 5.90. The first-order valence-electron chi connectivity index (χ1n) is 8.80. The maximum absolute atomic E-state index is 12.8. The van der Waals surface area contributed by atoms with E-state index in [1.54, 1.807) is 0 Å². The van der Waals surface area contributed by atoms with Gasteiger partial charge in [-0.1, -0.05) is 42.6 Å². The van der Waals surface area contributed by atoms with Crippen LogP contribution in [0.2, 0.25) is 5.02 Å². The minimum atomic E-state index is -4.01. The van der Waals surface area contributed by atoms with Crippen molar-refractivity contribution < 1.29 is 13.2 Å². The molecule has 3 N–H and O–H groups in total. The number of rotatable bonds is 6. The summed E-state index contributed by atoms with van der Waals surface area (Å²) in [5.74, 6) is 0.0918. The van der Waals surface area contributed by atoms with Gasteiger partial charge in [0.1, 0.15) is 4.90 Å². The molecule has 1 aliphatic rings. The van der Waals surface area contributed by atoms with Crippen LogP contribution in [0.15, 0.2) is 53.4 Å². The van der Waals surface area contributed by atoms with Gasteiger partial charge < -0.3 is 0 Å². The van der Waals surface area contributed by atoms with Gasteiger partial charge in [0, 0.05) is 12.1 Å². The number of hydrogen-bond acceptors (Lipinski definition) is 4. The number of para-hydroxylation sites is 1. The van der Waals surface area contributed by atoms with Crippen LogP contribution in [0.25, 0.3) is 0 Å². The molecule has 0 unspecified atom stereocenters. The molecule has 144 valence electrons. The molecule has 8 heteroatoms. The van der Waals surface area contributed by atoms with E-state index in [0.717, 1.165) is 18.5 Å². The van der Waals surface area contributed by atoms with E-state index in [4.69, 9.17) is 16.7 Å². The van der Waals surface area contributed by atoms with Crippen LogP contribution in [0.4, 0.5) is 5.69 Å². The summed E-state index contributed by atoms with van der Waals surface area (Å²) in [6, 6.07) is 13.6. The number of amides is 1. The number of sulfonamides is 1. The van der Waals surface area contributed by atoms with Gasteiger partial charge in [0.25, 0.3) is 5.91 Å². The van der Waals surface area contributed by atoms with E-state index < -0.39 is 15.9 Å². The molecule has 0 aliphatic heterocycles. The Morgan fingerprint density at radius 1 is 1.15 bits per heavy atom. The molecule has 2 aromatic carbocycles. The Balaban J connectivity index is 1.84. The molecule has 6 nitrogen and oxygen atoms in total. The second kappa shape index (κ2) is 8.29. The lowest BCUT2D eigenvalue weighted by molar-refractivity contribution is 0.0947. The summed E-state index contributed by atoms with van der Waals surface area (Å²) in [6.45, 7) is 0.700. The molecule has 3 rings (SSSR count). The third-order valence-corrected chi connectivity index (χ3v) is 6.11. The maximum atomic E-state index is 12.8. The number of hydrazine groups is 1. The molecule has 27 heavy (non-hydrogen) atoms. The smallest absolute Gasteiger partial charge is 0.269 e. The molecule has 2 aromatic rings. The Morgan fingerprint density at radius 3 is 2.44 bits per heavy atom. The number of nitrogens with zero attached hydrogens (tertiary/aromatic N) is 1. The summed E-state index contributed by atoms with van der Waals surface area (Å²) in [7, 11) is -4.01. The van der Waals surface area contributed by atoms with E-state index in [9.17, 15) is 13.2 Å². The highest BCUT2D eigenvalue weighted by Gasteiger charge is 2.22. The quantitative estimate of drug-likeness (QED) is 0.718. The van der Waals surface area contributed by atoms with Crippen LogP contribution in [0, 0.1) is 5.92 Å². The molecule has 0 saturated heterocycles. The monoisotopic (exact) mass is 407 g/mol. The predicted molar refractivity (Wildman–Crippen MR) is 106 cm³/mol. The van der Waals surface area contributed by atoms with Crippen LogP contribution in [0.3, 0.4) is 0 Å². The Labute approximate surface area is 164 Å². The number of nitrogens with one attached hydrogen (secondary N) is 1. The van der Waals surface area contributed by atoms with Crippen molar-refractivity contribution in [3.05, 3.63) is 59.1 Å². The Bertz CT molecular complexity index is 913. The molecule has 0 aromatic heterocycles. The van der Waals surface area contributed by atoms with Crippen LogP contribution in [-0.4, -0.2) is 20.9 Å². The van der Waals surface area contributed by atoms with Crippen molar-refractivity contribution in [1.82, 2.24) is 5.43 Å². The molecular formula is C19H22ClN3O3S. The standard InChI is InChI=1S/C19H22ClN3O3S/c20-17-11-10-15(12-18(17)27(21,25)26)19(24)22-23(13-14-6-4-5-7-14)16-8-2-1-3-9-16/h1-3,8-12,14H,4-7,13H2,(H,22,24)(H2,21,25,26). The van der Waals surface area contributed by atoms with Gasteiger partial charge in [-0.25, -0.2) is 13.6 Å². The summed E-state index contributed by atoms with van der Waals surface area (Å²) in [4.78, 5) is 12.5. The van der Waals surface area contributed by atoms with Crippen molar-refractivity contribution in [2.24, 2.45) is 11.1 Å². The SMILES string of the molecule is NS(=O)(=O)c1cc(C(=O)NN(CC2CCCC2)c2ccccc2)ccc1Cl. The molecule has 0 radical (unpaired) electrons. The minimum Gasteiger partial charge on any atom is -0.285 e. The van der Waals surface area contributed by atoms with Crippen molar-refractivity contribution in [1.29, 1.82) is 0 Å². The van der Waals surface area contributed by atoms with Gasteiger partial charge in [-0.2, -0.15) is 0 Å². The fourth-order valence-corrected chi connectivity index (χ4v) is 4.40. The second-order valence-corrected chi connectivity index (χ2v) is 8.66. The first kappa shape index (κ1) is 19.7. The van der Waals surface area contributed by atoms with Gasteiger partial charge in [0.15, 0.2) is 0 Å². The fraction of sp³-hybridized carbons (Fsp3) is 0.316. The molecular weight excluding hydrogens is 386 g/mol. The summed E-state index contributed by atoms with van der Waals surface area (Å²) in [5.41, 5.74) is 3.94. The highest BCUT2D eigenvalue weighted by atomic mass is 35.5. The number of nitrogens with two attached hydrogens (primary N) is 1. The Hall–Kier alpha value is -2.09. The largest absolute Gasteiger partial charge is 0.285 e. The van der Waals surface area contributed by atoms with Crippen LogP contribution in [0.1, 0.15) is 36.0 Å². The van der Waals surface area contributed by atoms with Gasteiger partial charge in [-0.3, -0.25) is 15.2 Å². The minimum absolute atomic E-state index is 0.0140. The van der Waals surface area contributed by atoms with Gasteiger partial charge in [-0.05, 0) is 49.1 Å². The highest BCUT2D eigenvalue weighted by Crippen LogP contribution is 2.27. The molecule has 1 aliphatic carbocycles. The lowest BCUT2D eigenvalue weighted by atomic mass is 10.1.